The molecule has 1 amide bonds. The molecule has 1 fully saturated rings. The first-order valence-electron chi connectivity index (χ1n) is 9.98. The maximum Gasteiger partial charge on any atom is 0.222 e. The summed E-state index contributed by atoms with van der Waals surface area (Å²) < 4.78 is 5.69. The fourth-order valence-corrected chi connectivity index (χ4v) is 4.12. The number of Topliss-reactive ketones (excluding diaryl/α,β-unsaturated/α-hetero) is 1. The van der Waals surface area contributed by atoms with Crippen molar-refractivity contribution in [2.75, 3.05) is 13.7 Å². The Labute approximate surface area is 162 Å². The van der Waals surface area contributed by atoms with Crippen LogP contribution in [0.25, 0.3) is 0 Å². The zero-order valence-electron chi connectivity index (χ0n) is 16.9. The molecule has 0 spiro atoms. The topological polar surface area (TPSA) is 66.8 Å². The molecule has 1 aromatic carbocycles. The molecule has 0 aromatic heterocycles. The average Bonchev–Trinajstić information content (AvgIpc) is 3.17. The van der Waals surface area contributed by atoms with Crippen molar-refractivity contribution < 1.29 is 19.4 Å². The van der Waals surface area contributed by atoms with E-state index in [2.05, 4.69) is 0 Å². The maximum absolute atomic E-state index is 12.9. The number of carbonyl (C=O) groups is 2. The minimum Gasteiger partial charge on any atom is -0.388 e. The monoisotopic (exact) mass is 375 g/mol. The Morgan fingerprint density at radius 2 is 1.93 bits per heavy atom. The van der Waals surface area contributed by atoms with Gasteiger partial charge in [0, 0.05) is 32.4 Å². The number of ketones is 1. The third kappa shape index (κ3) is 5.17. The van der Waals surface area contributed by atoms with Gasteiger partial charge in [-0.15, -0.1) is 0 Å². The summed E-state index contributed by atoms with van der Waals surface area (Å²) in [4.78, 5) is 27.0. The Bertz CT molecular complexity index is 618. The van der Waals surface area contributed by atoms with E-state index in [0.717, 1.165) is 24.9 Å². The highest BCUT2D eigenvalue weighted by Crippen LogP contribution is 2.30. The van der Waals surface area contributed by atoms with Crippen LogP contribution in [0.4, 0.5) is 0 Å². The van der Waals surface area contributed by atoms with Gasteiger partial charge in [0.05, 0.1) is 18.2 Å². The molecule has 1 aliphatic rings. The highest BCUT2D eigenvalue weighted by atomic mass is 16.5. The summed E-state index contributed by atoms with van der Waals surface area (Å²) in [6, 6.07) is 9.38. The molecule has 1 N–H and O–H groups in total. The maximum atomic E-state index is 12.9. The van der Waals surface area contributed by atoms with Gasteiger partial charge >= 0.3 is 0 Å². The number of aliphatic hydroxyl groups excluding tert-OH is 1. The fraction of sp³-hybridized carbons (Fsp3) is 0.636. The molecule has 0 unspecified atom stereocenters. The number of rotatable bonds is 9. The molecule has 27 heavy (non-hydrogen) atoms. The third-order valence-electron chi connectivity index (χ3n) is 5.78. The molecule has 5 atom stereocenters. The van der Waals surface area contributed by atoms with Gasteiger partial charge in [0.2, 0.25) is 5.91 Å². The van der Waals surface area contributed by atoms with Crippen LogP contribution in [-0.2, 0) is 14.3 Å². The van der Waals surface area contributed by atoms with Crippen LogP contribution in [0.15, 0.2) is 30.3 Å². The lowest BCUT2D eigenvalue weighted by molar-refractivity contribution is -0.139. The van der Waals surface area contributed by atoms with E-state index < -0.39 is 6.10 Å². The summed E-state index contributed by atoms with van der Waals surface area (Å²) in [6.07, 6.45) is 1.58. The van der Waals surface area contributed by atoms with E-state index in [0.29, 0.717) is 6.42 Å². The van der Waals surface area contributed by atoms with Gasteiger partial charge in [-0.1, -0.05) is 51.1 Å². The number of amides is 1. The van der Waals surface area contributed by atoms with E-state index in [1.807, 2.05) is 56.0 Å². The van der Waals surface area contributed by atoms with Crippen LogP contribution in [0.3, 0.4) is 0 Å². The Balaban J connectivity index is 2.02. The molecule has 1 heterocycles. The zero-order chi connectivity index (χ0) is 20.0. The largest absolute Gasteiger partial charge is 0.388 e. The third-order valence-corrected chi connectivity index (χ3v) is 5.78. The number of likely N-dealkylation sites (tertiary alicyclic amines) is 1. The predicted molar refractivity (Wildman–Crippen MR) is 105 cm³/mol. The number of hydrogen-bond acceptors (Lipinski definition) is 4. The molecule has 5 nitrogen and oxygen atoms in total. The van der Waals surface area contributed by atoms with Gasteiger partial charge in [0.15, 0.2) is 0 Å². The van der Waals surface area contributed by atoms with Gasteiger partial charge in [-0.2, -0.15) is 0 Å². The number of aliphatic hydroxyl groups is 1. The van der Waals surface area contributed by atoms with Gasteiger partial charge in [0.1, 0.15) is 5.78 Å². The van der Waals surface area contributed by atoms with Crippen molar-refractivity contribution in [3.8, 4) is 0 Å². The summed E-state index contributed by atoms with van der Waals surface area (Å²) >= 11 is 0. The summed E-state index contributed by atoms with van der Waals surface area (Å²) in [5, 5.41) is 10.5. The average molecular weight is 376 g/mol. The standard InChI is InChI=1S/C22H33NO4/c1-5-20(25)23-13-9-12-18(23)22(27-4)16(3)19(24)14-15(2)21(26)17-10-7-6-8-11-17/h6-8,10-11,15-16,18,21-22,26H,5,9,12-14H2,1-4H3/t15-,16-,18-,21+,22+/m0/s1. The molecule has 1 aromatic rings. The van der Waals surface area contributed by atoms with Crippen LogP contribution in [-0.4, -0.2) is 47.5 Å². The molecule has 0 bridgehead atoms. The van der Waals surface area contributed by atoms with Gasteiger partial charge in [-0.05, 0) is 24.3 Å². The van der Waals surface area contributed by atoms with Crippen molar-refractivity contribution in [3.63, 3.8) is 0 Å². The summed E-state index contributed by atoms with van der Waals surface area (Å²) in [5.74, 6) is -0.320. The second kappa shape index (κ2) is 10.00. The van der Waals surface area contributed by atoms with Crippen molar-refractivity contribution in [1.29, 1.82) is 0 Å². The lowest BCUT2D eigenvalue weighted by atomic mass is 9.85. The number of ether oxygens (including phenoxy) is 1. The molecular weight excluding hydrogens is 342 g/mol. The lowest BCUT2D eigenvalue weighted by Gasteiger charge is -2.34. The van der Waals surface area contributed by atoms with E-state index in [4.69, 9.17) is 4.74 Å². The first-order valence-corrected chi connectivity index (χ1v) is 9.98. The highest BCUT2D eigenvalue weighted by Gasteiger charge is 2.39. The summed E-state index contributed by atoms with van der Waals surface area (Å²) in [7, 11) is 1.61. The van der Waals surface area contributed by atoms with E-state index in [1.165, 1.54) is 0 Å². The van der Waals surface area contributed by atoms with Crippen molar-refractivity contribution in [2.45, 2.75) is 64.7 Å². The summed E-state index contributed by atoms with van der Waals surface area (Å²) in [6.45, 7) is 6.37. The van der Waals surface area contributed by atoms with Crippen LogP contribution in [0.2, 0.25) is 0 Å². The Hall–Kier alpha value is -1.72. The van der Waals surface area contributed by atoms with E-state index >= 15 is 0 Å². The number of nitrogens with zero attached hydrogens (tertiary/aromatic N) is 1. The summed E-state index contributed by atoms with van der Waals surface area (Å²) in [5.41, 5.74) is 0.823. The molecule has 2 rings (SSSR count). The Morgan fingerprint density at radius 3 is 2.52 bits per heavy atom. The zero-order valence-corrected chi connectivity index (χ0v) is 16.9. The quantitative estimate of drug-likeness (QED) is 0.719. The van der Waals surface area contributed by atoms with Crippen molar-refractivity contribution in [1.82, 2.24) is 4.90 Å². The Morgan fingerprint density at radius 1 is 1.26 bits per heavy atom. The smallest absolute Gasteiger partial charge is 0.222 e. The van der Waals surface area contributed by atoms with E-state index in [9.17, 15) is 14.7 Å². The minimum atomic E-state index is -0.673. The van der Waals surface area contributed by atoms with Crippen LogP contribution in [0.5, 0.6) is 0 Å². The number of benzene rings is 1. The predicted octanol–water partition coefficient (Wildman–Crippen LogP) is 3.37. The van der Waals surface area contributed by atoms with Crippen molar-refractivity contribution >= 4 is 11.7 Å². The second-order valence-corrected chi connectivity index (χ2v) is 7.64. The van der Waals surface area contributed by atoms with Crippen LogP contribution in [0, 0.1) is 11.8 Å². The molecule has 1 saturated heterocycles. The number of methoxy groups -OCH3 is 1. The molecule has 0 saturated carbocycles. The molecule has 1 aliphatic heterocycles. The van der Waals surface area contributed by atoms with Crippen LogP contribution >= 0.6 is 0 Å². The number of hydrogen-bond donors (Lipinski definition) is 1. The van der Waals surface area contributed by atoms with Crippen LogP contribution < -0.4 is 0 Å². The fourth-order valence-electron chi connectivity index (χ4n) is 4.12. The normalized spacial score (nSPS) is 21.5. The Kier molecular flexibility index (Phi) is 7.99. The second-order valence-electron chi connectivity index (χ2n) is 7.64. The molecule has 150 valence electrons. The molecule has 0 aliphatic carbocycles. The highest BCUT2D eigenvalue weighted by molar-refractivity contribution is 5.82. The van der Waals surface area contributed by atoms with E-state index in [1.54, 1.807) is 7.11 Å². The molecular formula is C22H33NO4. The van der Waals surface area contributed by atoms with E-state index in [-0.39, 0.29) is 42.1 Å². The lowest BCUT2D eigenvalue weighted by Crippen LogP contribution is -2.47. The first-order chi connectivity index (χ1) is 12.9. The molecule has 0 radical (unpaired) electrons. The van der Waals surface area contributed by atoms with Gasteiger partial charge in [-0.25, -0.2) is 0 Å². The van der Waals surface area contributed by atoms with Gasteiger partial charge in [-0.3, -0.25) is 9.59 Å². The van der Waals surface area contributed by atoms with Gasteiger partial charge < -0.3 is 14.7 Å². The minimum absolute atomic E-state index is 0.0456. The SMILES string of the molecule is CCC(=O)N1CCC[C@H]1[C@H](OC)[C@@H](C)C(=O)C[C@H](C)[C@@H](O)c1ccccc1. The first kappa shape index (κ1) is 21.6. The van der Waals surface area contributed by atoms with Crippen LogP contribution in [0.1, 0.15) is 58.1 Å². The van der Waals surface area contributed by atoms with Crippen molar-refractivity contribution in [2.24, 2.45) is 11.8 Å². The number of carbonyl (C=O) groups excluding carboxylic acids is 2. The van der Waals surface area contributed by atoms with Crippen molar-refractivity contribution in [3.05, 3.63) is 35.9 Å². The molecule has 5 heteroatoms. The van der Waals surface area contributed by atoms with Gasteiger partial charge in [0.25, 0.3) is 0 Å².